The molecular formula is C26H18N4O3S. The molecule has 0 saturated carbocycles. The summed E-state index contributed by atoms with van der Waals surface area (Å²) in [5.74, 6) is -0.266. The molecule has 8 heteroatoms. The van der Waals surface area contributed by atoms with Crippen molar-refractivity contribution in [1.82, 2.24) is 9.97 Å². The molecule has 2 heterocycles. The van der Waals surface area contributed by atoms with Gasteiger partial charge in [0.1, 0.15) is 0 Å². The Morgan fingerprint density at radius 1 is 0.912 bits per heavy atom. The number of amides is 1. The highest BCUT2D eigenvalue weighted by Gasteiger charge is 2.20. The normalized spacial score (nSPS) is 10.9. The van der Waals surface area contributed by atoms with Gasteiger partial charge < -0.3 is 0 Å². The van der Waals surface area contributed by atoms with E-state index in [1.165, 1.54) is 23.5 Å². The van der Waals surface area contributed by atoms with Crippen LogP contribution in [0.2, 0.25) is 0 Å². The molecule has 0 aliphatic rings. The number of hydrogen-bond acceptors (Lipinski definition) is 6. The number of hydrogen-bond donors (Lipinski definition) is 1. The molecule has 5 aromatic rings. The molecule has 3 aromatic carbocycles. The summed E-state index contributed by atoms with van der Waals surface area (Å²) in [6, 6.07) is 23.5. The average molecular weight is 467 g/mol. The maximum Gasteiger partial charge on any atom is 0.269 e. The van der Waals surface area contributed by atoms with E-state index in [1.807, 2.05) is 66.9 Å². The molecular weight excluding hydrogens is 448 g/mol. The van der Waals surface area contributed by atoms with Gasteiger partial charge in [0.05, 0.1) is 27.4 Å². The third-order valence-corrected chi connectivity index (χ3v) is 6.27. The minimum atomic E-state index is -0.443. The number of anilines is 1. The zero-order valence-electron chi connectivity index (χ0n) is 18.1. The van der Waals surface area contributed by atoms with E-state index in [2.05, 4.69) is 10.3 Å². The Morgan fingerprint density at radius 3 is 2.35 bits per heavy atom. The lowest BCUT2D eigenvalue weighted by atomic mass is 9.97. The fourth-order valence-corrected chi connectivity index (χ4v) is 4.57. The van der Waals surface area contributed by atoms with Crippen molar-refractivity contribution in [2.24, 2.45) is 0 Å². The van der Waals surface area contributed by atoms with Crippen molar-refractivity contribution in [1.29, 1.82) is 0 Å². The quantitative estimate of drug-likeness (QED) is 0.236. The molecule has 0 unspecified atom stereocenters. The van der Waals surface area contributed by atoms with Gasteiger partial charge in [-0.3, -0.25) is 20.2 Å². The smallest absolute Gasteiger partial charge is 0.269 e. The molecule has 0 spiro atoms. The van der Waals surface area contributed by atoms with Gasteiger partial charge in [-0.2, -0.15) is 0 Å². The summed E-state index contributed by atoms with van der Waals surface area (Å²) >= 11 is 1.30. The van der Waals surface area contributed by atoms with E-state index < -0.39 is 4.92 Å². The number of para-hydroxylation sites is 1. The van der Waals surface area contributed by atoms with Gasteiger partial charge in [-0.1, -0.05) is 48.5 Å². The van der Waals surface area contributed by atoms with Crippen molar-refractivity contribution in [3.8, 4) is 22.5 Å². The highest BCUT2D eigenvalue weighted by molar-refractivity contribution is 7.14. The highest BCUT2D eigenvalue weighted by Crippen LogP contribution is 2.31. The zero-order valence-corrected chi connectivity index (χ0v) is 18.9. The van der Waals surface area contributed by atoms with Gasteiger partial charge in [-0.25, -0.2) is 9.97 Å². The van der Waals surface area contributed by atoms with Crippen LogP contribution in [0.15, 0.2) is 84.2 Å². The molecule has 0 aliphatic heterocycles. The lowest BCUT2D eigenvalue weighted by Gasteiger charge is -2.14. The first kappa shape index (κ1) is 21.4. The van der Waals surface area contributed by atoms with Gasteiger partial charge in [0.25, 0.3) is 11.6 Å². The topological polar surface area (TPSA) is 98.0 Å². The van der Waals surface area contributed by atoms with E-state index in [1.54, 1.807) is 12.1 Å². The second kappa shape index (κ2) is 8.84. The number of aromatic nitrogens is 2. The number of benzene rings is 3. The highest BCUT2D eigenvalue weighted by atomic mass is 32.1. The first-order chi connectivity index (χ1) is 16.5. The SMILES string of the molecule is Cc1c(-c2ccccc2)nc2ccccc2c1C(=O)Nc1nc(-c2ccc([N+](=O)[O-])cc2)cs1. The first-order valence-corrected chi connectivity index (χ1v) is 11.4. The second-order valence-corrected chi connectivity index (χ2v) is 8.50. The van der Waals surface area contributed by atoms with E-state index in [0.29, 0.717) is 16.4 Å². The summed E-state index contributed by atoms with van der Waals surface area (Å²) in [4.78, 5) is 33.2. The van der Waals surface area contributed by atoms with E-state index in [-0.39, 0.29) is 11.6 Å². The number of nitrogens with one attached hydrogen (secondary N) is 1. The second-order valence-electron chi connectivity index (χ2n) is 7.64. The van der Waals surface area contributed by atoms with Crippen molar-refractivity contribution in [2.45, 2.75) is 6.92 Å². The van der Waals surface area contributed by atoms with Crippen molar-refractivity contribution in [3.63, 3.8) is 0 Å². The number of thiazole rings is 1. The van der Waals surface area contributed by atoms with Crippen molar-refractivity contribution in [3.05, 3.63) is 105 Å². The van der Waals surface area contributed by atoms with E-state index in [0.717, 1.165) is 33.3 Å². The average Bonchev–Trinajstić information content (AvgIpc) is 3.32. The van der Waals surface area contributed by atoms with Gasteiger partial charge in [0.15, 0.2) is 5.13 Å². The molecule has 0 saturated heterocycles. The Bertz CT molecular complexity index is 1530. The van der Waals surface area contributed by atoms with Crippen LogP contribution in [0.4, 0.5) is 10.8 Å². The van der Waals surface area contributed by atoms with Crippen LogP contribution in [0.1, 0.15) is 15.9 Å². The van der Waals surface area contributed by atoms with Gasteiger partial charge in [-0.05, 0) is 30.7 Å². The number of nitrogens with zero attached hydrogens (tertiary/aromatic N) is 3. The molecule has 0 aliphatic carbocycles. The zero-order chi connectivity index (χ0) is 23.7. The standard InChI is InChI=1S/C26H18N4O3S/c1-16-23(20-9-5-6-10-21(20)27-24(16)18-7-3-2-4-8-18)25(31)29-26-28-22(15-34-26)17-11-13-19(14-12-17)30(32)33/h2-15H,1H3,(H,28,29,31). The summed E-state index contributed by atoms with van der Waals surface area (Å²) in [6.07, 6.45) is 0. The summed E-state index contributed by atoms with van der Waals surface area (Å²) in [5.41, 5.74) is 5.16. The van der Waals surface area contributed by atoms with Gasteiger partial charge in [0.2, 0.25) is 0 Å². The molecule has 0 atom stereocenters. The maximum absolute atomic E-state index is 13.5. The van der Waals surface area contributed by atoms with E-state index in [4.69, 9.17) is 4.98 Å². The Kier molecular flexibility index (Phi) is 5.57. The van der Waals surface area contributed by atoms with Crippen LogP contribution in [0.5, 0.6) is 0 Å². The predicted molar refractivity (Wildman–Crippen MR) is 134 cm³/mol. The summed E-state index contributed by atoms with van der Waals surface area (Å²) in [5, 5.41) is 16.8. The third kappa shape index (κ3) is 4.02. The fraction of sp³-hybridized carbons (Fsp3) is 0.0385. The largest absolute Gasteiger partial charge is 0.298 e. The number of non-ortho nitro benzene ring substituents is 1. The van der Waals surface area contributed by atoms with Crippen LogP contribution in [0.25, 0.3) is 33.4 Å². The van der Waals surface area contributed by atoms with Crippen LogP contribution >= 0.6 is 11.3 Å². The van der Waals surface area contributed by atoms with Crippen molar-refractivity contribution >= 4 is 39.0 Å². The lowest BCUT2D eigenvalue weighted by Crippen LogP contribution is -2.15. The van der Waals surface area contributed by atoms with Crippen molar-refractivity contribution in [2.75, 3.05) is 5.32 Å². The Morgan fingerprint density at radius 2 is 1.62 bits per heavy atom. The van der Waals surface area contributed by atoms with Crippen LogP contribution in [-0.2, 0) is 0 Å². The summed E-state index contributed by atoms with van der Waals surface area (Å²) < 4.78 is 0. The van der Waals surface area contributed by atoms with Crippen LogP contribution in [0, 0.1) is 17.0 Å². The molecule has 5 rings (SSSR count). The van der Waals surface area contributed by atoms with Gasteiger partial charge >= 0.3 is 0 Å². The monoisotopic (exact) mass is 466 g/mol. The van der Waals surface area contributed by atoms with Crippen LogP contribution in [0.3, 0.4) is 0 Å². The number of carbonyl (C=O) groups excluding carboxylic acids is 1. The fourth-order valence-electron chi connectivity index (χ4n) is 3.85. The van der Waals surface area contributed by atoms with Crippen LogP contribution in [-0.4, -0.2) is 20.8 Å². The molecule has 7 nitrogen and oxygen atoms in total. The molecule has 1 N–H and O–H groups in total. The Labute approximate surface area is 198 Å². The molecule has 166 valence electrons. The molecule has 2 aromatic heterocycles. The van der Waals surface area contributed by atoms with Crippen LogP contribution < -0.4 is 5.32 Å². The van der Waals surface area contributed by atoms with E-state index >= 15 is 0 Å². The summed E-state index contributed by atoms with van der Waals surface area (Å²) in [6.45, 7) is 1.90. The molecule has 0 bridgehead atoms. The van der Waals surface area contributed by atoms with E-state index in [9.17, 15) is 14.9 Å². The Balaban J connectivity index is 1.50. The predicted octanol–water partition coefficient (Wildman–Crippen LogP) is 6.49. The van der Waals surface area contributed by atoms with Crippen molar-refractivity contribution < 1.29 is 9.72 Å². The molecule has 34 heavy (non-hydrogen) atoms. The van der Waals surface area contributed by atoms with Gasteiger partial charge in [0, 0.05) is 34.0 Å². The third-order valence-electron chi connectivity index (χ3n) is 5.51. The Hall–Kier alpha value is -4.43. The number of pyridine rings is 1. The minimum Gasteiger partial charge on any atom is -0.298 e. The molecule has 0 fully saturated rings. The first-order valence-electron chi connectivity index (χ1n) is 10.5. The lowest BCUT2D eigenvalue weighted by molar-refractivity contribution is -0.384. The number of nitro groups is 1. The summed E-state index contributed by atoms with van der Waals surface area (Å²) in [7, 11) is 0. The number of carbonyl (C=O) groups is 1. The van der Waals surface area contributed by atoms with Gasteiger partial charge in [-0.15, -0.1) is 11.3 Å². The number of fused-ring (bicyclic) bond motifs is 1. The minimum absolute atomic E-state index is 0.0155. The molecule has 1 amide bonds. The molecule has 0 radical (unpaired) electrons. The maximum atomic E-state index is 13.5. The number of rotatable bonds is 5. The number of nitro benzene ring substituents is 1.